The summed E-state index contributed by atoms with van der Waals surface area (Å²) in [6.45, 7) is 3.23. The van der Waals surface area contributed by atoms with Crippen LogP contribution in [0.1, 0.15) is 30.5 Å². The van der Waals surface area contributed by atoms with Crippen molar-refractivity contribution in [2.75, 3.05) is 33.8 Å². The Morgan fingerprint density at radius 3 is 2.48 bits per heavy atom. The summed E-state index contributed by atoms with van der Waals surface area (Å²) in [5.74, 6) is -1.29. The molecule has 1 atom stereocenters. The molecule has 9 heteroatoms. The largest absolute Gasteiger partial charge is 0.507 e. The fraction of sp³-hybridized carbons (Fsp3) is 0.333. The van der Waals surface area contributed by atoms with Crippen LogP contribution in [-0.4, -0.2) is 65.3 Å². The number of non-ortho nitro benzene ring substituents is 1. The van der Waals surface area contributed by atoms with Crippen molar-refractivity contribution in [3.05, 3.63) is 75.3 Å². The zero-order valence-corrected chi connectivity index (χ0v) is 18.9. The lowest BCUT2D eigenvalue weighted by Gasteiger charge is -2.26. The van der Waals surface area contributed by atoms with E-state index in [4.69, 9.17) is 4.74 Å². The minimum atomic E-state index is -0.944. The van der Waals surface area contributed by atoms with Gasteiger partial charge in [0, 0.05) is 30.8 Å². The lowest BCUT2D eigenvalue weighted by molar-refractivity contribution is -0.384. The average Bonchev–Trinajstić information content (AvgIpc) is 3.06. The van der Waals surface area contributed by atoms with E-state index in [-0.39, 0.29) is 23.6 Å². The van der Waals surface area contributed by atoms with Gasteiger partial charge in [-0.15, -0.1) is 0 Å². The molecule has 2 aromatic carbocycles. The zero-order chi connectivity index (χ0) is 24.1. The number of hydrogen-bond acceptors (Lipinski definition) is 7. The fourth-order valence-corrected chi connectivity index (χ4v) is 3.66. The maximum Gasteiger partial charge on any atom is 0.295 e. The minimum absolute atomic E-state index is 0.0959. The first-order valence-electron chi connectivity index (χ1n) is 10.6. The minimum Gasteiger partial charge on any atom is -0.507 e. The van der Waals surface area contributed by atoms with Crippen molar-refractivity contribution in [1.29, 1.82) is 0 Å². The van der Waals surface area contributed by atoms with E-state index >= 15 is 0 Å². The number of carbonyl (C=O) groups is 2. The maximum absolute atomic E-state index is 13.0. The number of benzene rings is 2. The van der Waals surface area contributed by atoms with Gasteiger partial charge in [-0.05, 0) is 50.3 Å². The number of likely N-dealkylation sites (tertiary alicyclic amines) is 1. The molecule has 1 unspecified atom stereocenters. The van der Waals surface area contributed by atoms with Gasteiger partial charge >= 0.3 is 0 Å². The molecule has 174 valence electrons. The van der Waals surface area contributed by atoms with Crippen molar-refractivity contribution in [3.63, 3.8) is 0 Å². The van der Waals surface area contributed by atoms with Gasteiger partial charge in [-0.1, -0.05) is 19.1 Å². The van der Waals surface area contributed by atoms with Crippen LogP contribution < -0.4 is 4.74 Å². The number of hydrogen-bond donors (Lipinski definition) is 1. The molecule has 0 radical (unpaired) electrons. The molecule has 1 aliphatic rings. The van der Waals surface area contributed by atoms with Crippen molar-refractivity contribution in [1.82, 2.24) is 9.80 Å². The quantitative estimate of drug-likeness (QED) is 0.204. The summed E-state index contributed by atoms with van der Waals surface area (Å²) in [5.41, 5.74) is 0.469. The molecule has 1 amide bonds. The first kappa shape index (κ1) is 23.9. The van der Waals surface area contributed by atoms with Crippen molar-refractivity contribution < 1.29 is 24.4 Å². The topological polar surface area (TPSA) is 113 Å². The highest BCUT2D eigenvalue weighted by Crippen LogP contribution is 2.40. The lowest BCUT2D eigenvalue weighted by Crippen LogP contribution is -2.35. The van der Waals surface area contributed by atoms with Gasteiger partial charge in [0.25, 0.3) is 17.4 Å². The second kappa shape index (κ2) is 10.3. The molecule has 0 bridgehead atoms. The van der Waals surface area contributed by atoms with Gasteiger partial charge in [0.2, 0.25) is 0 Å². The number of nitro groups is 1. The molecule has 0 aromatic heterocycles. The van der Waals surface area contributed by atoms with E-state index in [0.717, 1.165) is 6.42 Å². The molecule has 2 aromatic rings. The third kappa shape index (κ3) is 5.20. The Hall–Kier alpha value is -3.72. The third-order valence-electron chi connectivity index (χ3n) is 5.33. The summed E-state index contributed by atoms with van der Waals surface area (Å²) in [4.78, 5) is 39.9. The molecule has 9 nitrogen and oxygen atoms in total. The molecule has 1 N–H and O–H groups in total. The fourth-order valence-electron chi connectivity index (χ4n) is 3.66. The molecule has 3 rings (SSSR count). The predicted molar refractivity (Wildman–Crippen MR) is 123 cm³/mol. The van der Waals surface area contributed by atoms with Crippen molar-refractivity contribution in [2.24, 2.45) is 0 Å². The van der Waals surface area contributed by atoms with E-state index in [0.29, 0.717) is 30.0 Å². The molecule has 33 heavy (non-hydrogen) atoms. The predicted octanol–water partition coefficient (Wildman–Crippen LogP) is 3.37. The SMILES string of the molecule is CCCOc1ccc(/C(O)=C2/C(=O)C(=O)N(CCN(C)C)C2c2cccc([N+](=O)[O-])c2)cc1. The number of ketones is 1. The van der Waals surface area contributed by atoms with E-state index in [1.165, 1.54) is 23.1 Å². The van der Waals surface area contributed by atoms with Gasteiger partial charge < -0.3 is 19.6 Å². The van der Waals surface area contributed by atoms with Crippen LogP contribution in [0.5, 0.6) is 5.75 Å². The highest BCUT2D eigenvalue weighted by atomic mass is 16.6. The summed E-state index contributed by atoms with van der Waals surface area (Å²) < 4.78 is 5.56. The van der Waals surface area contributed by atoms with Crippen LogP contribution in [0.3, 0.4) is 0 Å². The van der Waals surface area contributed by atoms with Crippen LogP contribution in [0.25, 0.3) is 5.76 Å². The van der Waals surface area contributed by atoms with Gasteiger partial charge in [-0.3, -0.25) is 19.7 Å². The molecule has 0 saturated carbocycles. The number of nitrogens with zero attached hydrogens (tertiary/aromatic N) is 3. The number of aliphatic hydroxyl groups is 1. The smallest absolute Gasteiger partial charge is 0.295 e. The summed E-state index contributed by atoms with van der Waals surface area (Å²) >= 11 is 0. The standard InChI is InChI=1S/C24H27N3O6/c1-4-14-33-19-10-8-16(9-11-19)22(28)20-21(17-6-5-7-18(15-17)27(31)32)26(13-12-25(2)3)24(30)23(20)29/h5-11,15,21,28H,4,12-14H2,1-3H3/b22-20-. The second-order valence-corrected chi connectivity index (χ2v) is 8.02. The van der Waals surface area contributed by atoms with Crippen molar-refractivity contribution >= 4 is 23.1 Å². The van der Waals surface area contributed by atoms with Crippen LogP contribution in [0, 0.1) is 10.1 Å². The number of ether oxygens (including phenoxy) is 1. The number of amides is 1. The normalized spacial score (nSPS) is 17.6. The second-order valence-electron chi connectivity index (χ2n) is 8.02. The van der Waals surface area contributed by atoms with E-state index in [9.17, 15) is 24.8 Å². The van der Waals surface area contributed by atoms with E-state index in [1.54, 1.807) is 30.3 Å². The Morgan fingerprint density at radius 1 is 1.18 bits per heavy atom. The number of carbonyl (C=O) groups excluding carboxylic acids is 2. The van der Waals surface area contributed by atoms with Gasteiger partial charge in [0.15, 0.2) is 0 Å². The number of nitro benzene ring substituents is 1. The van der Waals surface area contributed by atoms with E-state index in [2.05, 4.69) is 0 Å². The first-order valence-corrected chi connectivity index (χ1v) is 10.6. The Kier molecular flexibility index (Phi) is 7.44. The van der Waals surface area contributed by atoms with Gasteiger partial charge in [0.1, 0.15) is 11.5 Å². The Bertz CT molecular complexity index is 1080. The van der Waals surface area contributed by atoms with Crippen LogP contribution in [0.4, 0.5) is 5.69 Å². The first-order chi connectivity index (χ1) is 15.7. The van der Waals surface area contributed by atoms with Crippen LogP contribution in [0.2, 0.25) is 0 Å². The van der Waals surface area contributed by atoms with E-state index in [1.807, 2.05) is 25.9 Å². The molecule has 1 heterocycles. The van der Waals surface area contributed by atoms with Crippen LogP contribution in [-0.2, 0) is 9.59 Å². The van der Waals surface area contributed by atoms with Crippen molar-refractivity contribution in [3.8, 4) is 5.75 Å². The van der Waals surface area contributed by atoms with Crippen LogP contribution >= 0.6 is 0 Å². The van der Waals surface area contributed by atoms with Crippen LogP contribution in [0.15, 0.2) is 54.1 Å². The molecule has 1 aliphatic heterocycles. The number of aliphatic hydroxyl groups excluding tert-OH is 1. The highest BCUT2D eigenvalue weighted by molar-refractivity contribution is 6.46. The Balaban J connectivity index is 2.10. The molecular formula is C24H27N3O6. The molecule has 0 spiro atoms. The average molecular weight is 453 g/mol. The number of Topliss-reactive ketones (excluding diaryl/α,β-unsaturated/α-hetero) is 1. The molecular weight excluding hydrogens is 426 g/mol. The zero-order valence-electron chi connectivity index (χ0n) is 18.9. The monoisotopic (exact) mass is 453 g/mol. The third-order valence-corrected chi connectivity index (χ3v) is 5.33. The van der Waals surface area contributed by atoms with Gasteiger partial charge in [0.05, 0.1) is 23.1 Å². The number of rotatable bonds is 9. The Morgan fingerprint density at radius 2 is 1.88 bits per heavy atom. The molecule has 1 saturated heterocycles. The summed E-state index contributed by atoms with van der Waals surface area (Å²) in [6, 6.07) is 11.4. The van der Waals surface area contributed by atoms with E-state index < -0.39 is 22.7 Å². The summed E-state index contributed by atoms with van der Waals surface area (Å²) in [6.07, 6.45) is 0.849. The van der Waals surface area contributed by atoms with Gasteiger partial charge in [-0.25, -0.2) is 0 Å². The van der Waals surface area contributed by atoms with Gasteiger partial charge in [-0.2, -0.15) is 0 Å². The maximum atomic E-state index is 13.0. The summed E-state index contributed by atoms with van der Waals surface area (Å²) in [5, 5.41) is 22.4. The summed E-state index contributed by atoms with van der Waals surface area (Å²) in [7, 11) is 3.67. The molecule has 0 aliphatic carbocycles. The molecule has 1 fully saturated rings. The van der Waals surface area contributed by atoms with Crippen molar-refractivity contribution in [2.45, 2.75) is 19.4 Å². The lowest BCUT2D eigenvalue weighted by atomic mass is 9.95. The Labute approximate surface area is 192 Å². The number of likely N-dealkylation sites (N-methyl/N-ethyl adjacent to an activating group) is 1. The highest BCUT2D eigenvalue weighted by Gasteiger charge is 2.46.